The molecule has 6 nitrogen and oxygen atoms in total. The van der Waals surface area contributed by atoms with Crippen LogP contribution in [-0.4, -0.2) is 38.2 Å². The van der Waals surface area contributed by atoms with Crippen LogP contribution in [0.3, 0.4) is 0 Å². The third-order valence-corrected chi connectivity index (χ3v) is 3.13. The largest absolute Gasteiger partial charge is 0.333 e. The predicted octanol–water partition coefficient (Wildman–Crippen LogP) is -0.396. The number of rotatable bonds is 2. The summed E-state index contributed by atoms with van der Waals surface area (Å²) in [6.07, 6.45) is 1.70. The molecule has 0 bridgehead atoms. The third-order valence-electron chi connectivity index (χ3n) is 3.13. The molecule has 2 rings (SSSR count). The molecular formula is C10H17N5O. The first-order valence-electron chi connectivity index (χ1n) is 5.50. The van der Waals surface area contributed by atoms with Crippen molar-refractivity contribution < 1.29 is 4.79 Å². The molecule has 0 spiro atoms. The molecule has 2 N–H and O–H groups in total. The van der Waals surface area contributed by atoms with Gasteiger partial charge in [0.1, 0.15) is 6.33 Å². The van der Waals surface area contributed by atoms with Gasteiger partial charge in [-0.1, -0.05) is 6.92 Å². The minimum atomic E-state index is -0.144. The van der Waals surface area contributed by atoms with Crippen molar-refractivity contribution in [3.05, 3.63) is 12.2 Å². The Balaban J connectivity index is 2.06. The van der Waals surface area contributed by atoms with Gasteiger partial charge in [-0.25, -0.2) is 0 Å². The molecule has 1 amide bonds. The Hall–Kier alpha value is -1.43. The van der Waals surface area contributed by atoms with Gasteiger partial charge >= 0.3 is 0 Å². The average Bonchev–Trinajstić information content (AvgIpc) is 2.73. The number of nitrogens with zero attached hydrogens (tertiary/aromatic N) is 4. The van der Waals surface area contributed by atoms with Gasteiger partial charge in [0, 0.05) is 19.1 Å². The molecular weight excluding hydrogens is 206 g/mol. The van der Waals surface area contributed by atoms with E-state index in [9.17, 15) is 4.79 Å². The smallest absolute Gasteiger partial charge is 0.227 e. The normalized spacial score (nSPS) is 19.1. The number of amides is 1. The van der Waals surface area contributed by atoms with Gasteiger partial charge in [0.2, 0.25) is 5.91 Å². The Morgan fingerprint density at radius 2 is 2.25 bits per heavy atom. The van der Waals surface area contributed by atoms with Crippen LogP contribution < -0.4 is 5.73 Å². The van der Waals surface area contributed by atoms with Crippen molar-refractivity contribution in [2.75, 3.05) is 6.54 Å². The number of carbonyl (C=O) groups excluding carboxylic acids is 1. The van der Waals surface area contributed by atoms with E-state index in [-0.39, 0.29) is 17.9 Å². The Morgan fingerprint density at radius 3 is 2.94 bits per heavy atom. The fourth-order valence-corrected chi connectivity index (χ4v) is 1.77. The van der Waals surface area contributed by atoms with Crippen LogP contribution in [0.2, 0.25) is 0 Å². The van der Waals surface area contributed by atoms with E-state index < -0.39 is 0 Å². The predicted molar refractivity (Wildman–Crippen MR) is 58.3 cm³/mol. The molecule has 0 saturated heterocycles. The summed E-state index contributed by atoms with van der Waals surface area (Å²) in [6, 6.07) is -0.118. The van der Waals surface area contributed by atoms with Crippen molar-refractivity contribution >= 4 is 5.91 Å². The lowest BCUT2D eigenvalue weighted by Crippen LogP contribution is -2.45. The van der Waals surface area contributed by atoms with Crippen molar-refractivity contribution in [1.29, 1.82) is 0 Å². The van der Waals surface area contributed by atoms with Crippen molar-refractivity contribution in [2.45, 2.75) is 33.0 Å². The van der Waals surface area contributed by atoms with Crippen LogP contribution in [0.4, 0.5) is 0 Å². The first-order valence-corrected chi connectivity index (χ1v) is 5.50. The Morgan fingerprint density at radius 1 is 1.50 bits per heavy atom. The van der Waals surface area contributed by atoms with Crippen LogP contribution in [0, 0.1) is 5.92 Å². The van der Waals surface area contributed by atoms with Gasteiger partial charge in [-0.15, -0.1) is 10.2 Å². The van der Waals surface area contributed by atoms with Crippen LogP contribution in [0.5, 0.6) is 0 Å². The highest BCUT2D eigenvalue weighted by Crippen LogP contribution is 2.13. The number of hydrogen-bond donors (Lipinski definition) is 1. The quantitative estimate of drug-likeness (QED) is 0.740. The highest BCUT2D eigenvalue weighted by Gasteiger charge is 2.27. The van der Waals surface area contributed by atoms with Gasteiger partial charge in [-0.2, -0.15) is 0 Å². The van der Waals surface area contributed by atoms with Gasteiger partial charge in [-0.05, 0) is 6.92 Å². The average molecular weight is 223 g/mol. The summed E-state index contributed by atoms with van der Waals surface area (Å²) in [4.78, 5) is 13.9. The molecule has 1 aliphatic rings. The first kappa shape index (κ1) is 11.1. The highest BCUT2D eigenvalue weighted by molar-refractivity contribution is 5.79. The summed E-state index contributed by atoms with van der Waals surface area (Å²) in [5, 5.41) is 7.81. The summed E-state index contributed by atoms with van der Waals surface area (Å²) < 4.78 is 1.97. The van der Waals surface area contributed by atoms with Crippen molar-refractivity contribution in [3.8, 4) is 0 Å². The summed E-state index contributed by atoms with van der Waals surface area (Å²) in [5.41, 5.74) is 5.74. The second kappa shape index (κ2) is 4.21. The Kier molecular flexibility index (Phi) is 2.91. The van der Waals surface area contributed by atoms with Crippen LogP contribution in [-0.2, 0) is 17.9 Å². The van der Waals surface area contributed by atoms with Gasteiger partial charge in [-0.3, -0.25) is 4.79 Å². The fraction of sp³-hybridized carbons (Fsp3) is 0.700. The lowest BCUT2D eigenvalue weighted by atomic mass is 10.0. The maximum absolute atomic E-state index is 12.1. The van der Waals surface area contributed by atoms with E-state index in [0.29, 0.717) is 13.1 Å². The monoisotopic (exact) mass is 223 g/mol. The van der Waals surface area contributed by atoms with Gasteiger partial charge in [0.15, 0.2) is 5.82 Å². The van der Waals surface area contributed by atoms with E-state index in [1.807, 2.05) is 18.4 Å². The number of nitrogens with two attached hydrogens (primary N) is 1. The fourth-order valence-electron chi connectivity index (χ4n) is 1.77. The number of carbonyl (C=O) groups is 1. The maximum atomic E-state index is 12.1. The molecule has 0 aromatic carbocycles. The molecule has 16 heavy (non-hydrogen) atoms. The van der Waals surface area contributed by atoms with E-state index in [1.54, 1.807) is 11.2 Å². The van der Waals surface area contributed by atoms with Crippen LogP contribution in [0.15, 0.2) is 6.33 Å². The first-order chi connectivity index (χ1) is 7.59. The van der Waals surface area contributed by atoms with Gasteiger partial charge in [0.05, 0.1) is 12.5 Å². The minimum Gasteiger partial charge on any atom is -0.333 e. The second-order valence-corrected chi connectivity index (χ2v) is 4.35. The molecule has 2 atom stereocenters. The molecule has 1 aromatic rings. The zero-order valence-electron chi connectivity index (χ0n) is 9.63. The van der Waals surface area contributed by atoms with E-state index >= 15 is 0 Å². The molecule has 0 aliphatic carbocycles. The summed E-state index contributed by atoms with van der Waals surface area (Å²) in [6.45, 7) is 5.73. The van der Waals surface area contributed by atoms with Gasteiger partial charge in [0.25, 0.3) is 0 Å². The molecule has 1 aromatic heterocycles. The standard InChI is InChI=1S/C10H17N5O/c1-7(8(2)11)10(16)14-3-4-15-6-12-13-9(15)5-14/h6-8H,3-5,11H2,1-2H3. The lowest BCUT2D eigenvalue weighted by Gasteiger charge is -2.30. The number of fused-ring (bicyclic) bond motifs is 1. The van der Waals surface area contributed by atoms with Crippen molar-refractivity contribution in [3.63, 3.8) is 0 Å². The number of hydrogen-bond acceptors (Lipinski definition) is 4. The van der Waals surface area contributed by atoms with E-state index in [2.05, 4.69) is 10.2 Å². The highest BCUT2D eigenvalue weighted by atomic mass is 16.2. The van der Waals surface area contributed by atoms with Crippen LogP contribution >= 0.6 is 0 Å². The molecule has 2 unspecified atom stereocenters. The Bertz CT molecular complexity index is 386. The topological polar surface area (TPSA) is 77.0 Å². The number of aromatic nitrogens is 3. The van der Waals surface area contributed by atoms with Crippen molar-refractivity contribution in [2.24, 2.45) is 11.7 Å². The molecule has 0 fully saturated rings. The molecule has 2 heterocycles. The zero-order valence-corrected chi connectivity index (χ0v) is 9.63. The van der Waals surface area contributed by atoms with E-state index in [4.69, 9.17) is 5.73 Å². The maximum Gasteiger partial charge on any atom is 0.227 e. The molecule has 88 valence electrons. The summed E-state index contributed by atoms with van der Waals surface area (Å²) in [5.74, 6) is 0.801. The second-order valence-electron chi connectivity index (χ2n) is 4.35. The molecule has 6 heteroatoms. The van der Waals surface area contributed by atoms with E-state index in [0.717, 1.165) is 12.4 Å². The summed E-state index contributed by atoms with van der Waals surface area (Å²) in [7, 11) is 0. The summed E-state index contributed by atoms with van der Waals surface area (Å²) >= 11 is 0. The minimum absolute atomic E-state index is 0.101. The Labute approximate surface area is 94.4 Å². The lowest BCUT2D eigenvalue weighted by molar-refractivity contribution is -0.137. The zero-order chi connectivity index (χ0) is 11.7. The molecule has 0 radical (unpaired) electrons. The van der Waals surface area contributed by atoms with Gasteiger partial charge < -0.3 is 15.2 Å². The molecule has 0 saturated carbocycles. The molecule has 1 aliphatic heterocycles. The van der Waals surface area contributed by atoms with Crippen LogP contribution in [0.1, 0.15) is 19.7 Å². The third kappa shape index (κ3) is 1.92. The SMILES string of the molecule is CC(N)C(C)C(=O)N1CCn2cnnc2C1. The van der Waals surface area contributed by atoms with Crippen molar-refractivity contribution in [1.82, 2.24) is 19.7 Å². The van der Waals surface area contributed by atoms with Crippen LogP contribution in [0.25, 0.3) is 0 Å². The van der Waals surface area contributed by atoms with E-state index in [1.165, 1.54) is 0 Å².